The first-order chi connectivity index (χ1) is 8.50. The van der Waals surface area contributed by atoms with Crippen molar-refractivity contribution in [1.29, 1.82) is 0 Å². The Balaban J connectivity index is 2.23. The van der Waals surface area contributed by atoms with Crippen molar-refractivity contribution in [2.24, 2.45) is 0 Å². The lowest BCUT2D eigenvalue weighted by molar-refractivity contribution is 0.586. The number of nitrogens with zero attached hydrogens (tertiary/aromatic N) is 1. The summed E-state index contributed by atoms with van der Waals surface area (Å²) in [6.45, 7) is 8.84. The number of hydrogen-bond acceptors (Lipinski definition) is 2. The van der Waals surface area contributed by atoms with Crippen molar-refractivity contribution >= 4 is 11.3 Å². The van der Waals surface area contributed by atoms with Gasteiger partial charge in [0, 0.05) is 16.4 Å². The maximum atomic E-state index is 4.75. The molecule has 0 fully saturated rings. The highest BCUT2D eigenvalue weighted by atomic mass is 32.1. The van der Waals surface area contributed by atoms with Crippen molar-refractivity contribution in [3.63, 3.8) is 0 Å². The molecular weight excluding hydrogens is 238 g/mol. The van der Waals surface area contributed by atoms with E-state index in [-0.39, 0.29) is 5.41 Å². The van der Waals surface area contributed by atoms with Gasteiger partial charge in [-0.1, -0.05) is 58.4 Å². The first-order valence-electron chi connectivity index (χ1n) is 6.56. The van der Waals surface area contributed by atoms with Gasteiger partial charge >= 0.3 is 0 Å². The Bertz CT molecular complexity index is 503. The van der Waals surface area contributed by atoms with Crippen LogP contribution in [-0.2, 0) is 11.8 Å². The van der Waals surface area contributed by atoms with E-state index in [4.69, 9.17) is 4.98 Å². The third-order valence-electron chi connectivity index (χ3n) is 2.93. The van der Waals surface area contributed by atoms with Gasteiger partial charge in [-0.2, -0.15) is 0 Å². The molecule has 0 N–H and O–H groups in total. The second kappa shape index (κ2) is 5.23. The topological polar surface area (TPSA) is 12.9 Å². The third kappa shape index (κ3) is 2.99. The van der Waals surface area contributed by atoms with Gasteiger partial charge in [0.2, 0.25) is 0 Å². The Morgan fingerprint density at radius 2 is 1.78 bits per heavy atom. The largest absolute Gasteiger partial charge is 0.241 e. The molecule has 0 aliphatic heterocycles. The molecule has 0 aliphatic rings. The number of aromatic nitrogens is 1. The van der Waals surface area contributed by atoms with E-state index < -0.39 is 0 Å². The number of thiazole rings is 1. The van der Waals surface area contributed by atoms with Crippen LogP contribution in [0.2, 0.25) is 0 Å². The zero-order chi connectivity index (χ0) is 13.2. The lowest BCUT2D eigenvalue weighted by Gasteiger charge is -2.13. The maximum absolute atomic E-state index is 4.75. The van der Waals surface area contributed by atoms with Crippen LogP contribution in [0.1, 0.15) is 44.7 Å². The van der Waals surface area contributed by atoms with Gasteiger partial charge in [0.1, 0.15) is 0 Å². The second-order valence-electron chi connectivity index (χ2n) is 5.73. The summed E-state index contributed by atoms with van der Waals surface area (Å²) in [4.78, 5) is 4.75. The molecule has 1 aromatic heterocycles. The molecule has 0 amide bonds. The van der Waals surface area contributed by atoms with Crippen molar-refractivity contribution in [3.8, 4) is 11.3 Å². The summed E-state index contributed by atoms with van der Waals surface area (Å²) in [5, 5.41) is 3.37. The van der Waals surface area contributed by atoms with Crippen molar-refractivity contribution in [2.75, 3.05) is 0 Å². The van der Waals surface area contributed by atoms with E-state index in [1.807, 2.05) is 0 Å². The fourth-order valence-electron chi connectivity index (χ4n) is 1.88. The molecule has 2 heteroatoms. The van der Waals surface area contributed by atoms with Gasteiger partial charge < -0.3 is 0 Å². The van der Waals surface area contributed by atoms with Crippen LogP contribution in [0.4, 0.5) is 0 Å². The second-order valence-corrected chi connectivity index (χ2v) is 6.59. The van der Waals surface area contributed by atoms with E-state index in [2.05, 4.69) is 57.3 Å². The summed E-state index contributed by atoms with van der Waals surface area (Å²) in [5.41, 5.74) is 3.88. The fraction of sp³-hybridized carbons (Fsp3) is 0.438. The molecular formula is C16H21NS. The normalized spacial score (nSPS) is 11.8. The predicted molar refractivity (Wildman–Crippen MR) is 80.2 cm³/mol. The summed E-state index contributed by atoms with van der Waals surface area (Å²) in [6, 6.07) is 8.81. The highest BCUT2D eigenvalue weighted by molar-refractivity contribution is 7.10. The Labute approximate surface area is 114 Å². The fourth-order valence-corrected chi connectivity index (χ4v) is 2.80. The summed E-state index contributed by atoms with van der Waals surface area (Å²) < 4.78 is 0. The standard InChI is InChI=1S/C16H21NS/c1-5-6-12-7-9-13(10-8-12)14-11-18-15(17-14)16(2,3)4/h7-11H,5-6H2,1-4H3. The molecule has 0 aliphatic carbocycles. The Morgan fingerprint density at radius 3 is 2.28 bits per heavy atom. The molecule has 0 radical (unpaired) electrons. The molecule has 96 valence electrons. The van der Waals surface area contributed by atoms with Crippen molar-refractivity contribution in [1.82, 2.24) is 4.98 Å². The van der Waals surface area contributed by atoms with Crippen LogP contribution in [-0.4, -0.2) is 4.98 Å². The molecule has 2 aromatic rings. The first kappa shape index (κ1) is 13.3. The van der Waals surface area contributed by atoms with Gasteiger partial charge in [0.15, 0.2) is 0 Å². The summed E-state index contributed by atoms with van der Waals surface area (Å²) in [7, 11) is 0. The monoisotopic (exact) mass is 259 g/mol. The molecule has 1 nitrogen and oxygen atoms in total. The predicted octanol–water partition coefficient (Wildman–Crippen LogP) is 5.06. The average molecular weight is 259 g/mol. The lowest BCUT2D eigenvalue weighted by atomic mass is 9.98. The molecule has 0 spiro atoms. The van der Waals surface area contributed by atoms with Gasteiger partial charge in [-0.3, -0.25) is 0 Å². The molecule has 18 heavy (non-hydrogen) atoms. The van der Waals surface area contributed by atoms with E-state index in [1.165, 1.54) is 22.6 Å². The SMILES string of the molecule is CCCc1ccc(-c2csc(C(C)(C)C)n2)cc1. The third-order valence-corrected chi connectivity index (χ3v) is 4.20. The van der Waals surface area contributed by atoms with Gasteiger partial charge in [-0.25, -0.2) is 4.98 Å². The lowest BCUT2D eigenvalue weighted by Crippen LogP contribution is -2.10. The average Bonchev–Trinajstić information content (AvgIpc) is 2.79. The van der Waals surface area contributed by atoms with Gasteiger partial charge in [0.25, 0.3) is 0 Å². The first-order valence-corrected chi connectivity index (χ1v) is 7.44. The summed E-state index contributed by atoms with van der Waals surface area (Å²) in [5.74, 6) is 0. The number of rotatable bonds is 3. The quantitative estimate of drug-likeness (QED) is 0.750. The van der Waals surface area contributed by atoms with Crippen molar-refractivity contribution < 1.29 is 0 Å². The number of hydrogen-bond donors (Lipinski definition) is 0. The zero-order valence-electron chi connectivity index (χ0n) is 11.7. The van der Waals surface area contributed by atoms with E-state index in [1.54, 1.807) is 11.3 Å². The zero-order valence-corrected chi connectivity index (χ0v) is 12.5. The molecule has 0 saturated carbocycles. The van der Waals surface area contributed by atoms with Gasteiger partial charge in [-0.05, 0) is 12.0 Å². The minimum Gasteiger partial charge on any atom is -0.241 e. The molecule has 0 atom stereocenters. The Hall–Kier alpha value is -1.15. The summed E-state index contributed by atoms with van der Waals surface area (Å²) >= 11 is 1.75. The van der Waals surface area contributed by atoms with Crippen LogP contribution >= 0.6 is 11.3 Å². The minimum absolute atomic E-state index is 0.144. The van der Waals surface area contributed by atoms with Gasteiger partial charge in [-0.15, -0.1) is 11.3 Å². The Morgan fingerprint density at radius 1 is 1.11 bits per heavy atom. The minimum atomic E-state index is 0.144. The molecule has 2 rings (SSSR count). The van der Waals surface area contributed by atoms with Crippen LogP contribution in [0.15, 0.2) is 29.6 Å². The number of benzene rings is 1. The maximum Gasteiger partial charge on any atom is 0.0986 e. The Kier molecular flexibility index (Phi) is 3.86. The highest BCUT2D eigenvalue weighted by Gasteiger charge is 2.18. The molecule has 1 aromatic carbocycles. The van der Waals surface area contributed by atoms with Crippen molar-refractivity contribution in [2.45, 2.75) is 46.0 Å². The van der Waals surface area contributed by atoms with Crippen LogP contribution in [0.3, 0.4) is 0 Å². The van der Waals surface area contributed by atoms with Crippen molar-refractivity contribution in [3.05, 3.63) is 40.2 Å². The van der Waals surface area contributed by atoms with Crippen LogP contribution in [0, 0.1) is 0 Å². The molecule has 0 saturated heterocycles. The van der Waals surface area contributed by atoms with E-state index >= 15 is 0 Å². The highest BCUT2D eigenvalue weighted by Crippen LogP contribution is 2.29. The molecule has 1 heterocycles. The van der Waals surface area contributed by atoms with Crippen LogP contribution < -0.4 is 0 Å². The van der Waals surface area contributed by atoms with Crippen LogP contribution in [0.5, 0.6) is 0 Å². The van der Waals surface area contributed by atoms with Crippen LogP contribution in [0.25, 0.3) is 11.3 Å². The van der Waals surface area contributed by atoms with Gasteiger partial charge in [0.05, 0.1) is 10.7 Å². The molecule has 0 bridgehead atoms. The molecule has 0 unspecified atom stereocenters. The van der Waals surface area contributed by atoms with E-state index in [0.717, 1.165) is 12.1 Å². The summed E-state index contributed by atoms with van der Waals surface area (Å²) in [6.07, 6.45) is 2.36. The van der Waals surface area contributed by atoms with E-state index in [0.29, 0.717) is 0 Å². The smallest absolute Gasteiger partial charge is 0.0986 e. The number of aryl methyl sites for hydroxylation is 1. The van der Waals surface area contributed by atoms with E-state index in [9.17, 15) is 0 Å².